The normalized spacial score (nSPS) is 22.9. The molecular weight excluding hydrogens is 860 g/mol. The number of nitrogens with zero attached hydrogens (tertiary/aromatic N) is 6. The number of benzene rings is 2. The second kappa shape index (κ2) is 19.0. The Kier molecular flexibility index (Phi) is 13.0. The van der Waals surface area contributed by atoms with Crippen molar-refractivity contribution in [3.8, 4) is 41.2 Å². The predicted molar refractivity (Wildman–Crippen MR) is 237 cm³/mol. The lowest BCUT2D eigenvalue weighted by atomic mass is 9.95. The molecule has 350 valence electrons. The van der Waals surface area contributed by atoms with Gasteiger partial charge < -0.3 is 33.9 Å². The quantitative estimate of drug-likeness (QED) is 0.0531. The molecule has 2 bridgehead atoms. The van der Waals surface area contributed by atoms with Crippen LogP contribution in [-0.2, 0) is 14.3 Å². The average molecular weight is 914 g/mol. The molecule has 7 heterocycles. The number of pyridine rings is 1. The largest absolute Gasteiger partial charge is 0.475 e. The van der Waals surface area contributed by atoms with Crippen LogP contribution in [-0.4, -0.2) is 119 Å². The van der Waals surface area contributed by atoms with Crippen LogP contribution in [0.2, 0.25) is 0 Å². The lowest BCUT2D eigenvalue weighted by Crippen LogP contribution is -2.63. The molecule has 0 saturated carbocycles. The number of halogens is 3. The van der Waals surface area contributed by atoms with Crippen molar-refractivity contribution in [2.75, 3.05) is 51.6 Å². The molecular formula is C48H54F3N7O8. The van der Waals surface area contributed by atoms with Gasteiger partial charge in [0, 0.05) is 43.9 Å². The monoisotopic (exact) mass is 913 g/mol. The lowest BCUT2D eigenvalue weighted by molar-refractivity contribution is -0.152. The van der Waals surface area contributed by atoms with Gasteiger partial charge in [-0.15, -0.1) is 6.42 Å². The van der Waals surface area contributed by atoms with E-state index >= 15 is 8.78 Å². The molecule has 4 fully saturated rings. The summed E-state index contributed by atoms with van der Waals surface area (Å²) >= 11 is 0. The Morgan fingerprint density at radius 2 is 1.82 bits per heavy atom. The number of nitrogens with one attached hydrogen (secondary N) is 1. The van der Waals surface area contributed by atoms with Gasteiger partial charge in [-0.2, -0.15) is 9.97 Å². The van der Waals surface area contributed by atoms with Gasteiger partial charge in [0.05, 0.1) is 29.2 Å². The smallest absolute Gasteiger partial charge is 0.413 e. The average Bonchev–Trinajstić information content (AvgIpc) is 3.92. The molecule has 2 aromatic heterocycles. The number of hydrogen-bond donors (Lipinski definition) is 1. The van der Waals surface area contributed by atoms with Crippen LogP contribution >= 0.6 is 0 Å². The second-order valence-electron chi connectivity index (χ2n) is 17.9. The number of hydrogen-bond acceptors (Lipinski definition) is 13. The van der Waals surface area contributed by atoms with E-state index in [2.05, 4.69) is 28.0 Å². The zero-order chi connectivity index (χ0) is 46.1. The molecule has 15 nitrogen and oxygen atoms in total. The van der Waals surface area contributed by atoms with Gasteiger partial charge in [-0.25, -0.2) is 27.7 Å². The van der Waals surface area contributed by atoms with Crippen LogP contribution in [0.4, 0.5) is 28.6 Å². The highest BCUT2D eigenvalue weighted by Gasteiger charge is 2.52. The van der Waals surface area contributed by atoms with Crippen molar-refractivity contribution < 1.29 is 51.2 Å². The minimum Gasteiger partial charge on any atom is -0.475 e. The van der Waals surface area contributed by atoms with E-state index in [1.165, 1.54) is 50.6 Å². The molecule has 1 N–H and O–H groups in total. The zero-order valence-corrected chi connectivity index (χ0v) is 37.2. The summed E-state index contributed by atoms with van der Waals surface area (Å²) in [5.74, 6) is 0.497. The van der Waals surface area contributed by atoms with E-state index in [0.29, 0.717) is 37.6 Å². The highest BCUT2D eigenvalue weighted by atomic mass is 19.1. The van der Waals surface area contributed by atoms with Crippen molar-refractivity contribution >= 4 is 45.6 Å². The van der Waals surface area contributed by atoms with Crippen LogP contribution in [0, 0.1) is 24.0 Å². The summed E-state index contributed by atoms with van der Waals surface area (Å²) in [6.07, 6.45) is 14.1. The first-order valence-electron chi connectivity index (χ1n) is 23.1. The van der Waals surface area contributed by atoms with Crippen LogP contribution in [0.1, 0.15) is 96.0 Å². The van der Waals surface area contributed by atoms with Crippen LogP contribution in [0.5, 0.6) is 17.6 Å². The second-order valence-corrected chi connectivity index (χ2v) is 17.9. The van der Waals surface area contributed by atoms with Gasteiger partial charge in [-0.1, -0.05) is 57.4 Å². The van der Waals surface area contributed by atoms with E-state index < -0.39 is 60.4 Å². The molecule has 9 rings (SSSR count). The van der Waals surface area contributed by atoms with Crippen LogP contribution < -0.4 is 24.4 Å². The van der Waals surface area contributed by atoms with Gasteiger partial charge >= 0.3 is 24.2 Å². The number of anilines is 1. The summed E-state index contributed by atoms with van der Waals surface area (Å²) in [5, 5.41) is 3.00. The molecule has 4 aromatic rings. The summed E-state index contributed by atoms with van der Waals surface area (Å²) in [5.41, 5.74) is -1.28. The minimum atomic E-state index is -1.02. The highest BCUT2D eigenvalue weighted by molar-refractivity contribution is 6.04. The van der Waals surface area contributed by atoms with Gasteiger partial charge in [-0.05, 0) is 62.2 Å². The predicted octanol–water partition coefficient (Wildman–Crippen LogP) is 7.97. The van der Waals surface area contributed by atoms with Gasteiger partial charge in [0.1, 0.15) is 53.4 Å². The maximum absolute atomic E-state index is 17.7. The van der Waals surface area contributed by atoms with Crippen molar-refractivity contribution in [3.63, 3.8) is 0 Å². The van der Waals surface area contributed by atoms with Gasteiger partial charge in [0.2, 0.25) is 12.7 Å². The fraction of sp³-hybridized carbons (Fsp3) is 0.542. The van der Waals surface area contributed by atoms with E-state index in [9.17, 15) is 18.8 Å². The number of fused-ring (bicyclic) bond motifs is 7. The van der Waals surface area contributed by atoms with Crippen LogP contribution in [0.3, 0.4) is 0 Å². The Bertz CT molecular complexity index is 2580. The maximum atomic E-state index is 17.7. The summed E-state index contributed by atoms with van der Waals surface area (Å²) < 4.78 is 77.1. The SMILES string of the molecule is C#Cc1c(F)ccc2cc(OC(=O)NC)cc(-c3nc4c5c(nc(OC[C@@]67CCCN6C[C@H](F)C7)nc5c3F)N3C[C@H]5CC[C@@H]([C@H]3CO4)N5C(=O)OCOC(=O)CCCCCCCCC)c12. The summed E-state index contributed by atoms with van der Waals surface area (Å²) in [4.78, 5) is 58.6. The molecule has 0 spiro atoms. The topological polar surface area (TPSA) is 158 Å². The number of ether oxygens (including phenoxy) is 5. The molecule has 5 aliphatic rings. The van der Waals surface area contributed by atoms with E-state index in [-0.39, 0.29) is 95.2 Å². The summed E-state index contributed by atoms with van der Waals surface area (Å²) in [7, 11) is 1.38. The van der Waals surface area contributed by atoms with Gasteiger partial charge in [0.25, 0.3) is 0 Å². The molecule has 66 heavy (non-hydrogen) atoms. The number of unbranched alkanes of at least 4 members (excludes halogenated alkanes) is 6. The molecule has 4 saturated heterocycles. The first kappa shape index (κ1) is 45.1. The third-order valence-corrected chi connectivity index (χ3v) is 13.9. The number of rotatable bonds is 15. The van der Waals surface area contributed by atoms with Crippen molar-refractivity contribution in [2.24, 2.45) is 0 Å². The Labute approximate surface area is 380 Å². The number of terminal acetylenes is 1. The Morgan fingerprint density at radius 1 is 1.00 bits per heavy atom. The van der Waals surface area contributed by atoms with E-state index in [1.54, 1.807) is 4.90 Å². The number of carbonyl (C=O) groups is 3. The Hall–Kier alpha value is -6.09. The summed E-state index contributed by atoms with van der Waals surface area (Å²) in [6.45, 7) is 2.96. The molecule has 2 amide bonds. The fourth-order valence-electron chi connectivity index (χ4n) is 10.7. The van der Waals surface area contributed by atoms with Gasteiger partial charge in [0.15, 0.2) is 5.82 Å². The zero-order valence-electron chi connectivity index (χ0n) is 37.2. The number of alkyl halides is 1. The number of carbonyl (C=O) groups excluding carboxylic acids is 3. The molecule has 5 atom stereocenters. The first-order valence-corrected chi connectivity index (χ1v) is 23.1. The van der Waals surface area contributed by atoms with Crippen LogP contribution in [0.25, 0.3) is 32.9 Å². The third-order valence-electron chi connectivity index (χ3n) is 13.9. The molecule has 0 aliphatic carbocycles. The standard InChI is InChI=1S/C48H54F3N7O8/c1-4-6-7-8-9-10-11-13-37(59)64-27-65-47(61)58-30-15-17-35(58)36-25-62-44-39-42(54-45(55-43(39)57(36)24-30)63-26-48-18-12-19-56(48)23-29(49)22-48)40(51)41(53-44)33-21-31(66-46(60)52-3)20-28-14-16-34(50)32(5-2)38(28)33/h2,14,16,20-21,29-30,35-36H,4,6-13,15,17-19,22-27H2,1,3H3,(H,52,60)/t29-,30-,35+,36-,48+/m1/s1. The molecule has 18 heteroatoms. The molecule has 2 aromatic carbocycles. The first-order chi connectivity index (χ1) is 32.0. The van der Waals surface area contributed by atoms with Crippen molar-refractivity contribution in [1.82, 2.24) is 30.1 Å². The summed E-state index contributed by atoms with van der Waals surface area (Å²) in [6, 6.07) is 3.92. The van der Waals surface area contributed by atoms with Crippen molar-refractivity contribution in [2.45, 2.75) is 120 Å². The van der Waals surface area contributed by atoms with E-state index in [1.807, 2.05) is 4.90 Å². The van der Waals surface area contributed by atoms with E-state index in [0.717, 1.165) is 32.2 Å². The number of piperazine rings is 1. The Balaban J connectivity index is 1.05. The van der Waals surface area contributed by atoms with Crippen molar-refractivity contribution in [1.29, 1.82) is 0 Å². The molecule has 5 aliphatic heterocycles. The van der Waals surface area contributed by atoms with Gasteiger partial charge in [-0.3, -0.25) is 14.6 Å². The molecule has 0 radical (unpaired) electrons. The minimum absolute atomic E-state index is 0.000723. The number of esters is 1. The fourth-order valence-corrected chi connectivity index (χ4v) is 10.7. The number of amides is 2. The lowest BCUT2D eigenvalue weighted by Gasteiger charge is -2.45. The highest BCUT2D eigenvalue weighted by Crippen LogP contribution is 2.47. The molecule has 0 unspecified atom stereocenters. The third kappa shape index (κ3) is 8.57. The van der Waals surface area contributed by atoms with Crippen LogP contribution in [0.15, 0.2) is 24.3 Å². The van der Waals surface area contributed by atoms with E-state index in [4.69, 9.17) is 40.1 Å². The maximum Gasteiger partial charge on any atom is 0.413 e. The Morgan fingerprint density at radius 3 is 2.62 bits per heavy atom. The van der Waals surface area contributed by atoms with Crippen molar-refractivity contribution in [3.05, 3.63) is 41.5 Å². The number of aromatic nitrogens is 3.